The number of halogens is 3. The van der Waals surface area contributed by atoms with Crippen molar-refractivity contribution in [3.8, 4) is 0 Å². The fourth-order valence-corrected chi connectivity index (χ4v) is 7.57. The molecule has 2 heterocycles. The minimum atomic E-state index is -1.05. The topological polar surface area (TPSA) is 70.2 Å². The average molecular weight is 538 g/mol. The molecule has 3 aromatic rings. The lowest BCUT2D eigenvalue weighted by Crippen LogP contribution is -2.61. The van der Waals surface area contributed by atoms with Crippen LogP contribution in [0.5, 0.6) is 0 Å². The van der Waals surface area contributed by atoms with Crippen LogP contribution in [0.2, 0.25) is 10.0 Å². The first kappa shape index (κ1) is 24.4. The Hall–Kier alpha value is -2.93. The number of fused-ring (bicyclic) bond motifs is 3. The molecule has 3 aliphatic rings. The van der Waals surface area contributed by atoms with Gasteiger partial charge in [0.2, 0.25) is 12.3 Å². The SMILES string of the molecule is O=CNc1cccc(C2CCCC3(C2)NCC(c2cccc(Cl)c2F)C32C(=O)Nc3cc(Cl)ccc32)c1. The van der Waals surface area contributed by atoms with Crippen LogP contribution in [0.15, 0.2) is 60.7 Å². The van der Waals surface area contributed by atoms with Gasteiger partial charge in [-0.3, -0.25) is 9.59 Å². The van der Waals surface area contributed by atoms with Gasteiger partial charge in [-0.2, -0.15) is 0 Å². The third-order valence-electron chi connectivity index (χ3n) is 8.63. The Labute approximate surface area is 224 Å². The summed E-state index contributed by atoms with van der Waals surface area (Å²) in [7, 11) is 0. The number of anilines is 2. The molecule has 1 saturated heterocycles. The van der Waals surface area contributed by atoms with Crippen LogP contribution in [0.3, 0.4) is 0 Å². The summed E-state index contributed by atoms with van der Waals surface area (Å²) < 4.78 is 15.5. The first-order valence-corrected chi connectivity index (χ1v) is 13.3. The molecular formula is C29H26Cl2FN3O2. The Morgan fingerprint density at radius 3 is 2.76 bits per heavy atom. The Balaban J connectivity index is 1.52. The van der Waals surface area contributed by atoms with Gasteiger partial charge in [-0.05, 0) is 72.2 Å². The van der Waals surface area contributed by atoms with E-state index in [1.807, 2.05) is 24.3 Å². The molecule has 4 atom stereocenters. The molecule has 37 heavy (non-hydrogen) atoms. The molecule has 1 saturated carbocycles. The summed E-state index contributed by atoms with van der Waals surface area (Å²) in [6, 6.07) is 18.4. The van der Waals surface area contributed by atoms with E-state index in [1.54, 1.807) is 24.3 Å². The molecule has 2 spiro atoms. The molecule has 2 amide bonds. The zero-order valence-electron chi connectivity index (χ0n) is 20.0. The molecule has 5 nitrogen and oxygen atoms in total. The Morgan fingerprint density at radius 2 is 1.92 bits per heavy atom. The summed E-state index contributed by atoms with van der Waals surface area (Å²) in [5, 5.41) is 10.2. The molecule has 8 heteroatoms. The van der Waals surface area contributed by atoms with Crippen molar-refractivity contribution >= 4 is 46.9 Å². The van der Waals surface area contributed by atoms with E-state index in [1.165, 1.54) is 6.07 Å². The fraction of sp³-hybridized carbons (Fsp3) is 0.310. The molecule has 3 N–H and O–H groups in total. The van der Waals surface area contributed by atoms with Crippen LogP contribution >= 0.6 is 23.2 Å². The first-order chi connectivity index (χ1) is 17.9. The summed E-state index contributed by atoms with van der Waals surface area (Å²) in [5.41, 5.74) is 2.13. The van der Waals surface area contributed by atoms with E-state index in [0.29, 0.717) is 35.6 Å². The van der Waals surface area contributed by atoms with E-state index in [4.69, 9.17) is 23.2 Å². The quantitative estimate of drug-likeness (QED) is 0.338. The number of carbonyl (C=O) groups is 2. The number of nitrogens with one attached hydrogen (secondary N) is 3. The third kappa shape index (κ3) is 3.61. The highest BCUT2D eigenvalue weighted by Gasteiger charge is 2.69. The van der Waals surface area contributed by atoms with E-state index >= 15 is 4.39 Å². The van der Waals surface area contributed by atoms with E-state index in [0.717, 1.165) is 36.1 Å². The van der Waals surface area contributed by atoms with Crippen LogP contribution in [0.1, 0.15) is 54.2 Å². The molecule has 2 fully saturated rings. The van der Waals surface area contributed by atoms with Crippen molar-refractivity contribution in [1.82, 2.24) is 5.32 Å². The first-order valence-electron chi connectivity index (χ1n) is 12.5. The molecule has 0 aromatic heterocycles. The molecule has 0 radical (unpaired) electrons. The van der Waals surface area contributed by atoms with Crippen molar-refractivity contribution < 1.29 is 14.0 Å². The van der Waals surface area contributed by atoms with Crippen molar-refractivity contribution in [2.45, 2.75) is 48.5 Å². The molecule has 1 aliphatic carbocycles. The van der Waals surface area contributed by atoms with E-state index in [-0.39, 0.29) is 16.8 Å². The maximum absolute atomic E-state index is 15.5. The van der Waals surface area contributed by atoms with Gasteiger partial charge in [0, 0.05) is 34.4 Å². The second-order valence-corrected chi connectivity index (χ2v) is 11.1. The highest BCUT2D eigenvalue weighted by atomic mass is 35.5. The van der Waals surface area contributed by atoms with Crippen LogP contribution in [0.25, 0.3) is 0 Å². The summed E-state index contributed by atoms with van der Waals surface area (Å²) in [5.74, 6) is -0.937. The van der Waals surface area contributed by atoms with Crippen LogP contribution in [0, 0.1) is 5.82 Å². The lowest BCUT2D eigenvalue weighted by Gasteiger charge is -2.49. The van der Waals surface area contributed by atoms with Crippen LogP contribution in [0.4, 0.5) is 15.8 Å². The Morgan fingerprint density at radius 1 is 1.08 bits per heavy atom. The summed E-state index contributed by atoms with van der Waals surface area (Å²) in [4.78, 5) is 25.2. The third-order valence-corrected chi connectivity index (χ3v) is 9.15. The standard InChI is InChI=1S/C29H26Cl2FN3O2/c30-19-9-10-22-25(13-19)35-27(37)29(22)23(21-7-2-8-24(31)26(21)32)15-34-28(29)11-3-5-18(14-28)17-4-1-6-20(12-17)33-16-36/h1-2,4,6-10,12-13,16,18,23,34H,3,5,11,14-15H2,(H,33,36)(H,35,37). The van der Waals surface area contributed by atoms with Gasteiger partial charge in [0.15, 0.2) is 0 Å². The molecule has 6 rings (SSSR count). The lowest BCUT2D eigenvalue weighted by atomic mass is 9.54. The molecule has 0 bridgehead atoms. The molecule has 3 aromatic carbocycles. The zero-order valence-corrected chi connectivity index (χ0v) is 21.5. The molecule has 4 unspecified atom stereocenters. The van der Waals surface area contributed by atoms with Crippen molar-refractivity contribution in [1.29, 1.82) is 0 Å². The number of amides is 2. The number of hydrogen-bond acceptors (Lipinski definition) is 3. The van der Waals surface area contributed by atoms with Gasteiger partial charge < -0.3 is 16.0 Å². The van der Waals surface area contributed by atoms with E-state index < -0.39 is 22.7 Å². The van der Waals surface area contributed by atoms with Crippen molar-refractivity contribution in [3.63, 3.8) is 0 Å². The highest BCUT2D eigenvalue weighted by molar-refractivity contribution is 6.31. The molecule has 190 valence electrons. The Bertz CT molecular complexity index is 1420. The molecular weight excluding hydrogens is 512 g/mol. The lowest BCUT2D eigenvalue weighted by molar-refractivity contribution is -0.124. The second kappa shape index (κ2) is 9.12. The second-order valence-electron chi connectivity index (χ2n) is 10.3. The van der Waals surface area contributed by atoms with Crippen molar-refractivity contribution in [2.75, 3.05) is 17.2 Å². The highest BCUT2D eigenvalue weighted by Crippen LogP contribution is 2.62. The van der Waals surface area contributed by atoms with Gasteiger partial charge in [0.05, 0.1) is 5.02 Å². The molecule has 2 aliphatic heterocycles. The monoisotopic (exact) mass is 537 g/mol. The van der Waals surface area contributed by atoms with Crippen LogP contribution < -0.4 is 16.0 Å². The maximum atomic E-state index is 15.5. The van der Waals surface area contributed by atoms with Gasteiger partial charge in [0.25, 0.3) is 0 Å². The zero-order chi connectivity index (χ0) is 25.8. The number of rotatable bonds is 4. The smallest absolute Gasteiger partial charge is 0.237 e. The van der Waals surface area contributed by atoms with Crippen LogP contribution in [-0.4, -0.2) is 24.4 Å². The maximum Gasteiger partial charge on any atom is 0.237 e. The van der Waals surface area contributed by atoms with Gasteiger partial charge in [-0.15, -0.1) is 0 Å². The minimum absolute atomic E-state index is 0.0457. The predicted molar refractivity (Wildman–Crippen MR) is 144 cm³/mol. The Kier molecular flexibility index (Phi) is 6.02. The van der Waals surface area contributed by atoms with Gasteiger partial charge in [0.1, 0.15) is 11.2 Å². The number of hydrogen-bond donors (Lipinski definition) is 3. The van der Waals surface area contributed by atoms with Gasteiger partial charge in [-0.1, -0.05) is 60.0 Å². The van der Waals surface area contributed by atoms with Gasteiger partial charge >= 0.3 is 0 Å². The predicted octanol–water partition coefficient (Wildman–Crippen LogP) is 6.37. The van der Waals surface area contributed by atoms with Crippen molar-refractivity contribution in [3.05, 3.63) is 93.2 Å². The summed E-state index contributed by atoms with van der Waals surface area (Å²) >= 11 is 12.5. The number of carbonyl (C=O) groups excluding carboxylic acids is 2. The average Bonchev–Trinajstić information content (AvgIpc) is 3.36. The fourth-order valence-electron chi connectivity index (χ4n) is 7.21. The summed E-state index contributed by atoms with van der Waals surface area (Å²) in [6.45, 7) is 0.437. The van der Waals surface area contributed by atoms with Crippen LogP contribution in [-0.2, 0) is 15.0 Å². The normalized spacial score (nSPS) is 28.4. The van der Waals surface area contributed by atoms with Gasteiger partial charge in [-0.25, -0.2) is 4.39 Å². The van der Waals surface area contributed by atoms with E-state index in [2.05, 4.69) is 22.0 Å². The number of benzene rings is 3. The minimum Gasteiger partial charge on any atom is -0.329 e. The van der Waals surface area contributed by atoms with E-state index in [9.17, 15) is 9.59 Å². The van der Waals surface area contributed by atoms with Crippen molar-refractivity contribution in [2.24, 2.45) is 0 Å². The largest absolute Gasteiger partial charge is 0.329 e. The summed E-state index contributed by atoms with van der Waals surface area (Å²) in [6.07, 6.45) is 3.97.